The van der Waals surface area contributed by atoms with Crippen LogP contribution in [0.3, 0.4) is 0 Å². The fourth-order valence-corrected chi connectivity index (χ4v) is 1.32. The third-order valence-corrected chi connectivity index (χ3v) is 2.31. The zero-order valence-corrected chi connectivity index (χ0v) is 11.1. The number of amides is 1. The van der Waals surface area contributed by atoms with E-state index in [-0.39, 0.29) is 0 Å². The van der Waals surface area contributed by atoms with Crippen LogP contribution in [-0.2, 0) is 4.79 Å². The maximum Gasteiger partial charge on any atom is 0.248 e. The molecule has 0 bridgehead atoms. The monoisotopic (exact) mass is 231 g/mol. The Bertz CT molecular complexity index is 420. The van der Waals surface area contributed by atoms with E-state index in [1.165, 1.54) is 0 Å². The van der Waals surface area contributed by atoms with Crippen molar-refractivity contribution in [1.82, 2.24) is 0 Å². The molecule has 0 aromatic heterocycles. The van der Waals surface area contributed by atoms with E-state index in [0.29, 0.717) is 5.57 Å². The average Bonchev–Trinajstić information content (AvgIpc) is 2.25. The minimum absolute atomic E-state index is 0.422. The molecule has 2 heteroatoms. The van der Waals surface area contributed by atoms with Gasteiger partial charge in [0.2, 0.25) is 5.91 Å². The number of primary amides is 1. The Morgan fingerprint density at radius 3 is 2.18 bits per heavy atom. The second kappa shape index (κ2) is 7.44. The van der Waals surface area contributed by atoms with E-state index in [9.17, 15) is 4.79 Å². The summed E-state index contributed by atoms with van der Waals surface area (Å²) in [7, 11) is 0. The van der Waals surface area contributed by atoms with Crippen molar-refractivity contribution >= 4 is 5.91 Å². The number of carbonyl (C=O) groups is 1. The van der Waals surface area contributed by atoms with Crippen molar-refractivity contribution < 1.29 is 4.79 Å². The molecule has 0 heterocycles. The Morgan fingerprint density at radius 1 is 1.18 bits per heavy atom. The zero-order valence-electron chi connectivity index (χ0n) is 11.1. The van der Waals surface area contributed by atoms with Gasteiger partial charge in [0, 0.05) is 5.57 Å². The van der Waals surface area contributed by atoms with Crippen LogP contribution in [0.25, 0.3) is 0 Å². The first kappa shape index (κ1) is 15.2. The highest BCUT2D eigenvalue weighted by molar-refractivity contribution is 5.95. The van der Waals surface area contributed by atoms with Gasteiger partial charge in [-0.3, -0.25) is 4.79 Å². The van der Waals surface area contributed by atoms with Crippen molar-refractivity contribution in [3.05, 3.63) is 59.3 Å². The number of carbonyl (C=O) groups excluding carboxylic acids is 1. The first-order valence-electron chi connectivity index (χ1n) is 5.57. The van der Waals surface area contributed by atoms with Crippen LogP contribution in [0, 0.1) is 0 Å². The van der Waals surface area contributed by atoms with Crippen molar-refractivity contribution in [2.24, 2.45) is 5.73 Å². The lowest BCUT2D eigenvalue weighted by Gasteiger charge is -2.03. The summed E-state index contributed by atoms with van der Waals surface area (Å²) in [6, 6.07) is 0. The smallest absolute Gasteiger partial charge is 0.248 e. The molecule has 0 aromatic rings. The van der Waals surface area contributed by atoms with Crippen molar-refractivity contribution in [2.75, 3.05) is 0 Å². The second-order valence-electron chi connectivity index (χ2n) is 3.85. The highest BCUT2D eigenvalue weighted by Gasteiger charge is 2.01. The van der Waals surface area contributed by atoms with Crippen LogP contribution in [0.4, 0.5) is 0 Å². The quantitative estimate of drug-likeness (QED) is 0.571. The largest absolute Gasteiger partial charge is 0.366 e. The van der Waals surface area contributed by atoms with E-state index >= 15 is 0 Å². The van der Waals surface area contributed by atoms with Crippen LogP contribution < -0.4 is 5.73 Å². The maximum absolute atomic E-state index is 11.1. The summed E-state index contributed by atoms with van der Waals surface area (Å²) in [5.41, 5.74) is 8.66. The van der Waals surface area contributed by atoms with Gasteiger partial charge < -0.3 is 5.73 Å². The predicted octanol–water partition coefficient (Wildman–Crippen LogP) is 3.44. The van der Waals surface area contributed by atoms with Crippen LogP contribution in [0.15, 0.2) is 59.3 Å². The summed E-state index contributed by atoms with van der Waals surface area (Å²) < 4.78 is 0. The van der Waals surface area contributed by atoms with E-state index in [1.54, 1.807) is 19.1 Å². The molecule has 0 saturated carbocycles. The lowest BCUT2D eigenvalue weighted by molar-refractivity contribution is -0.114. The lowest BCUT2D eigenvalue weighted by Crippen LogP contribution is -2.12. The molecule has 0 radical (unpaired) electrons. The lowest BCUT2D eigenvalue weighted by atomic mass is 10.0. The van der Waals surface area contributed by atoms with Gasteiger partial charge in [-0.2, -0.15) is 0 Å². The standard InChI is InChI=1S/C15H21NO/c1-6-8-11(3)9-12(4)13(5)10-14(7-2)15(16)17/h6-10H,4H2,1-3,5H3,(H2,16,17)/b8-6-,11-9-,13-10+,14-7+. The molecule has 1 amide bonds. The molecule has 17 heavy (non-hydrogen) atoms. The minimum atomic E-state index is -0.422. The molecule has 92 valence electrons. The van der Waals surface area contributed by atoms with E-state index < -0.39 is 5.91 Å². The summed E-state index contributed by atoms with van der Waals surface area (Å²) in [5, 5.41) is 0. The van der Waals surface area contributed by atoms with Gasteiger partial charge in [0.1, 0.15) is 0 Å². The highest BCUT2D eigenvalue weighted by Crippen LogP contribution is 2.14. The second-order valence-corrected chi connectivity index (χ2v) is 3.85. The molecule has 2 nitrogen and oxygen atoms in total. The van der Waals surface area contributed by atoms with Crippen LogP contribution in [0.5, 0.6) is 0 Å². The van der Waals surface area contributed by atoms with E-state index in [0.717, 1.165) is 16.7 Å². The van der Waals surface area contributed by atoms with Gasteiger partial charge in [0.05, 0.1) is 0 Å². The van der Waals surface area contributed by atoms with Gasteiger partial charge in [-0.05, 0) is 44.9 Å². The van der Waals surface area contributed by atoms with Gasteiger partial charge in [0.15, 0.2) is 0 Å². The fraction of sp³-hybridized carbons (Fsp3) is 0.267. The number of allylic oxidation sites excluding steroid dienone is 7. The molecule has 0 aromatic carbocycles. The number of nitrogens with two attached hydrogens (primary N) is 1. The van der Waals surface area contributed by atoms with E-state index in [4.69, 9.17) is 5.73 Å². The van der Waals surface area contributed by atoms with Gasteiger partial charge in [0.25, 0.3) is 0 Å². The van der Waals surface area contributed by atoms with Crippen LogP contribution in [0.2, 0.25) is 0 Å². The first-order chi connectivity index (χ1) is 7.92. The zero-order chi connectivity index (χ0) is 13.4. The third kappa shape index (κ3) is 5.71. The SMILES string of the molecule is C=C(/C=C(C)\C=C/C)/C(C)=C/C(=C\C)C(N)=O. The third-order valence-electron chi connectivity index (χ3n) is 2.31. The molecule has 0 aliphatic rings. The van der Waals surface area contributed by atoms with Gasteiger partial charge >= 0.3 is 0 Å². The van der Waals surface area contributed by atoms with Crippen molar-refractivity contribution in [3.63, 3.8) is 0 Å². The Morgan fingerprint density at radius 2 is 1.76 bits per heavy atom. The Balaban J connectivity index is 5.01. The highest BCUT2D eigenvalue weighted by atomic mass is 16.1. The van der Waals surface area contributed by atoms with Crippen molar-refractivity contribution in [3.8, 4) is 0 Å². The molecule has 0 unspecified atom stereocenters. The van der Waals surface area contributed by atoms with Crippen LogP contribution in [0.1, 0.15) is 27.7 Å². The van der Waals surface area contributed by atoms with Crippen molar-refractivity contribution in [1.29, 1.82) is 0 Å². The molecule has 0 aliphatic heterocycles. The normalized spacial score (nSPS) is 14.2. The molecule has 0 spiro atoms. The predicted molar refractivity (Wildman–Crippen MR) is 74.4 cm³/mol. The number of rotatable bonds is 5. The van der Waals surface area contributed by atoms with Crippen LogP contribution >= 0.6 is 0 Å². The Kier molecular flexibility index (Phi) is 6.64. The molecular weight excluding hydrogens is 210 g/mol. The fourth-order valence-electron chi connectivity index (χ4n) is 1.32. The molecule has 2 N–H and O–H groups in total. The van der Waals surface area contributed by atoms with Gasteiger partial charge in [-0.25, -0.2) is 0 Å². The van der Waals surface area contributed by atoms with Gasteiger partial charge in [-0.1, -0.05) is 36.5 Å². The molecular formula is C15H21NO. The summed E-state index contributed by atoms with van der Waals surface area (Å²) in [6.07, 6.45) is 9.40. The Hall–Kier alpha value is -1.83. The molecule has 0 fully saturated rings. The summed E-state index contributed by atoms with van der Waals surface area (Å²) in [6.45, 7) is 11.6. The van der Waals surface area contributed by atoms with Gasteiger partial charge in [-0.15, -0.1) is 0 Å². The Labute approximate surface area is 104 Å². The maximum atomic E-state index is 11.1. The van der Waals surface area contributed by atoms with E-state index in [1.807, 2.05) is 39.0 Å². The summed E-state index contributed by atoms with van der Waals surface area (Å²) in [5.74, 6) is -0.422. The van der Waals surface area contributed by atoms with E-state index in [2.05, 4.69) is 6.58 Å². The average molecular weight is 231 g/mol. The molecule has 0 aliphatic carbocycles. The van der Waals surface area contributed by atoms with Crippen LogP contribution in [-0.4, -0.2) is 5.91 Å². The summed E-state index contributed by atoms with van der Waals surface area (Å²) >= 11 is 0. The first-order valence-corrected chi connectivity index (χ1v) is 5.57. The number of hydrogen-bond donors (Lipinski definition) is 1. The molecule has 0 atom stereocenters. The minimum Gasteiger partial charge on any atom is -0.366 e. The number of hydrogen-bond acceptors (Lipinski definition) is 1. The topological polar surface area (TPSA) is 43.1 Å². The van der Waals surface area contributed by atoms with Crippen molar-refractivity contribution in [2.45, 2.75) is 27.7 Å². The molecule has 0 saturated heterocycles. The molecule has 0 rings (SSSR count). The summed E-state index contributed by atoms with van der Waals surface area (Å²) in [4.78, 5) is 11.1.